The minimum absolute atomic E-state index is 0.266. The molecule has 0 amide bonds. The number of carboxylic acid groups (broad SMARTS) is 1. The van der Waals surface area contributed by atoms with Crippen LogP contribution in [-0.4, -0.2) is 23.7 Å². The van der Waals surface area contributed by atoms with E-state index in [1.54, 1.807) is 49.0 Å². The van der Waals surface area contributed by atoms with E-state index < -0.39 is 5.97 Å². The summed E-state index contributed by atoms with van der Waals surface area (Å²) in [5, 5.41) is 8.92. The van der Waals surface area contributed by atoms with Crippen molar-refractivity contribution in [3.05, 3.63) is 59.2 Å². The number of carbonyl (C=O) groups is 2. The maximum Gasteiger partial charge on any atom is 0.338 e. The Balaban J connectivity index is 2.22. The zero-order valence-electron chi connectivity index (χ0n) is 13.0. The van der Waals surface area contributed by atoms with Crippen molar-refractivity contribution in [2.24, 2.45) is 0 Å². The van der Waals surface area contributed by atoms with Gasteiger partial charge in [-0.1, -0.05) is 18.7 Å². The summed E-state index contributed by atoms with van der Waals surface area (Å²) in [6, 6.07) is 12.3. The molecule has 2 aromatic carbocycles. The molecule has 0 bridgehead atoms. The van der Waals surface area contributed by atoms with Crippen LogP contribution >= 0.6 is 11.8 Å². The molecule has 2 rings (SSSR count). The zero-order chi connectivity index (χ0) is 16.8. The summed E-state index contributed by atoms with van der Waals surface area (Å²) in [7, 11) is 0. The van der Waals surface area contributed by atoms with E-state index in [9.17, 15) is 9.59 Å². The van der Waals surface area contributed by atoms with Crippen LogP contribution in [0.25, 0.3) is 0 Å². The highest BCUT2D eigenvalue weighted by molar-refractivity contribution is 7.99. The van der Waals surface area contributed by atoms with Crippen LogP contribution in [0.15, 0.2) is 52.3 Å². The molecule has 0 aliphatic rings. The molecule has 1 N–H and O–H groups in total. The molecule has 23 heavy (non-hydrogen) atoms. The molecule has 5 heteroatoms. The third kappa shape index (κ3) is 4.36. The van der Waals surface area contributed by atoms with E-state index in [2.05, 4.69) is 0 Å². The summed E-state index contributed by atoms with van der Waals surface area (Å²) in [6.07, 6.45) is 0.794. The quantitative estimate of drug-likeness (QED) is 0.801. The summed E-state index contributed by atoms with van der Waals surface area (Å²) in [6.45, 7) is 4.16. The van der Waals surface area contributed by atoms with E-state index >= 15 is 0 Å². The van der Waals surface area contributed by atoms with Crippen LogP contribution in [0.3, 0.4) is 0 Å². The van der Waals surface area contributed by atoms with Gasteiger partial charge in [0.2, 0.25) is 0 Å². The predicted octanol–water partition coefficient (Wildman–Crippen LogP) is 4.28. The topological polar surface area (TPSA) is 63.6 Å². The number of carboxylic acids is 1. The Hall–Kier alpha value is -2.27. The maximum atomic E-state index is 11.8. The molecular formula is C18H18O4S. The van der Waals surface area contributed by atoms with Crippen molar-refractivity contribution in [2.45, 2.75) is 30.1 Å². The minimum Gasteiger partial charge on any atom is -0.478 e. The third-order valence-electron chi connectivity index (χ3n) is 3.28. The van der Waals surface area contributed by atoms with Crippen molar-refractivity contribution in [3.63, 3.8) is 0 Å². The number of ether oxygens (including phenoxy) is 1. The molecule has 120 valence electrons. The van der Waals surface area contributed by atoms with Crippen LogP contribution in [0, 0.1) is 0 Å². The van der Waals surface area contributed by atoms with Gasteiger partial charge in [-0.15, -0.1) is 0 Å². The molecule has 0 fully saturated rings. The Morgan fingerprint density at radius 3 is 2.26 bits per heavy atom. The van der Waals surface area contributed by atoms with Crippen molar-refractivity contribution >= 4 is 23.7 Å². The van der Waals surface area contributed by atoms with Gasteiger partial charge >= 0.3 is 11.9 Å². The van der Waals surface area contributed by atoms with E-state index in [4.69, 9.17) is 9.84 Å². The number of hydrogen-bond acceptors (Lipinski definition) is 4. The minimum atomic E-state index is -0.936. The van der Waals surface area contributed by atoms with Crippen molar-refractivity contribution in [1.82, 2.24) is 0 Å². The van der Waals surface area contributed by atoms with Crippen LogP contribution in [0.2, 0.25) is 0 Å². The van der Waals surface area contributed by atoms with Gasteiger partial charge < -0.3 is 9.84 Å². The molecule has 0 saturated heterocycles. The first-order chi connectivity index (χ1) is 11.0. The molecule has 0 atom stereocenters. The highest BCUT2D eigenvalue weighted by atomic mass is 32.2. The molecule has 0 heterocycles. The van der Waals surface area contributed by atoms with Gasteiger partial charge in [-0.3, -0.25) is 0 Å². The Kier molecular flexibility index (Phi) is 5.82. The fourth-order valence-corrected chi connectivity index (χ4v) is 3.09. The van der Waals surface area contributed by atoms with Gasteiger partial charge in [0.05, 0.1) is 17.7 Å². The van der Waals surface area contributed by atoms with Crippen LogP contribution in [0.1, 0.15) is 40.1 Å². The Bertz CT molecular complexity index is 707. The summed E-state index contributed by atoms with van der Waals surface area (Å²) >= 11 is 1.55. The smallest absolute Gasteiger partial charge is 0.338 e. The Morgan fingerprint density at radius 2 is 1.70 bits per heavy atom. The normalized spacial score (nSPS) is 10.3. The second-order valence-corrected chi connectivity index (χ2v) is 5.94. The zero-order valence-corrected chi connectivity index (χ0v) is 13.9. The average Bonchev–Trinajstić information content (AvgIpc) is 2.56. The van der Waals surface area contributed by atoms with Gasteiger partial charge in [0.1, 0.15) is 0 Å². The molecule has 2 aromatic rings. The number of rotatable bonds is 6. The van der Waals surface area contributed by atoms with E-state index in [0.717, 1.165) is 21.8 Å². The molecule has 0 saturated carbocycles. The number of hydrogen-bond donors (Lipinski definition) is 1. The molecule has 0 aliphatic heterocycles. The summed E-state index contributed by atoms with van der Waals surface area (Å²) in [4.78, 5) is 24.7. The first kappa shape index (κ1) is 17.1. The summed E-state index contributed by atoms with van der Waals surface area (Å²) < 4.78 is 5.02. The van der Waals surface area contributed by atoms with Crippen LogP contribution in [0.4, 0.5) is 0 Å². The molecular weight excluding hydrogens is 312 g/mol. The first-order valence-electron chi connectivity index (χ1n) is 7.36. The highest BCUT2D eigenvalue weighted by Crippen LogP contribution is 2.31. The van der Waals surface area contributed by atoms with Gasteiger partial charge in [0.15, 0.2) is 0 Å². The van der Waals surface area contributed by atoms with Gasteiger partial charge in [0, 0.05) is 9.79 Å². The predicted molar refractivity (Wildman–Crippen MR) is 89.3 cm³/mol. The van der Waals surface area contributed by atoms with Crippen molar-refractivity contribution in [2.75, 3.05) is 6.61 Å². The van der Waals surface area contributed by atoms with E-state index in [1.165, 1.54) is 0 Å². The lowest BCUT2D eigenvalue weighted by molar-refractivity contribution is 0.0525. The molecule has 0 unspecified atom stereocenters. The summed E-state index contributed by atoms with van der Waals surface area (Å²) in [5.41, 5.74) is 1.87. The third-order valence-corrected chi connectivity index (χ3v) is 4.41. The van der Waals surface area contributed by atoms with Gasteiger partial charge in [-0.25, -0.2) is 9.59 Å². The number of benzene rings is 2. The average molecular weight is 330 g/mol. The van der Waals surface area contributed by atoms with E-state index in [0.29, 0.717) is 12.2 Å². The second-order valence-electron chi connectivity index (χ2n) is 4.83. The fourth-order valence-electron chi connectivity index (χ4n) is 2.09. The lowest BCUT2D eigenvalue weighted by atomic mass is 10.1. The number of aromatic carboxylic acids is 1. The Morgan fingerprint density at radius 1 is 1.04 bits per heavy atom. The van der Waals surface area contributed by atoms with E-state index in [-0.39, 0.29) is 11.5 Å². The van der Waals surface area contributed by atoms with Crippen LogP contribution in [0.5, 0.6) is 0 Å². The monoisotopic (exact) mass is 330 g/mol. The number of carbonyl (C=O) groups excluding carboxylic acids is 1. The van der Waals surface area contributed by atoms with Gasteiger partial charge in [-0.2, -0.15) is 0 Å². The number of esters is 1. The molecule has 0 aliphatic carbocycles. The molecule has 0 radical (unpaired) electrons. The molecule has 4 nitrogen and oxygen atoms in total. The van der Waals surface area contributed by atoms with Crippen molar-refractivity contribution in [1.29, 1.82) is 0 Å². The second kappa shape index (κ2) is 7.83. The number of aryl methyl sites for hydroxylation is 1. The standard InChI is InChI=1S/C18H18O4S/c1-3-12-11-14(18(21)22-4-2)7-10-16(12)23-15-8-5-13(6-9-15)17(19)20/h5-11H,3-4H2,1-2H3,(H,19,20). The van der Waals surface area contributed by atoms with Gasteiger partial charge in [-0.05, 0) is 61.4 Å². The van der Waals surface area contributed by atoms with Gasteiger partial charge in [0.25, 0.3) is 0 Å². The molecule has 0 spiro atoms. The SMILES string of the molecule is CCOC(=O)c1ccc(Sc2ccc(C(=O)O)cc2)c(CC)c1. The summed E-state index contributed by atoms with van der Waals surface area (Å²) in [5.74, 6) is -1.25. The lowest BCUT2D eigenvalue weighted by Crippen LogP contribution is -2.05. The van der Waals surface area contributed by atoms with E-state index in [1.807, 2.05) is 19.1 Å². The van der Waals surface area contributed by atoms with Crippen molar-refractivity contribution < 1.29 is 19.4 Å². The fraction of sp³-hybridized carbons (Fsp3) is 0.222. The molecule has 0 aromatic heterocycles. The van der Waals surface area contributed by atoms with Crippen LogP contribution in [-0.2, 0) is 11.2 Å². The highest BCUT2D eigenvalue weighted by Gasteiger charge is 2.11. The first-order valence-corrected chi connectivity index (χ1v) is 8.18. The van der Waals surface area contributed by atoms with Crippen molar-refractivity contribution in [3.8, 4) is 0 Å². The Labute approximate surface area is 139 Å². The lowest BCUT2D eigenvalue weighted by Gasteiger charge is -2.10. The largest absolute Gasteiger partial charge is 0.478 e. The maximum absolute atomic E-state index is 11.8. The van der Waals surface area contributed by atoms with Crippen LogP contribution < -0.4 is 0 Å².